The summed E-state index contributed by atoms with van der Waals surface area (Å²) < 4.78 is 19.9. The van der Waals surface area contributed by atoms with E-state index in [0.717, 1.165) is 5.69 Å². The van der Waals surface area contributed by atoms with Gasteiger partial charge in [0.1, 0.15) is 0 Å². The molecule has 1 aromatic heterocycles. The number of ether oxygens (including phenoxy) is 1. The Bertz CT molecular complexity index is 898. The van der Waals surface area contributed by atoms with Crippen LogP contribution in [-0.4, -0.2) is 60.2 Å². The first-order chi connectivity index (χ1) is 14.4. The van der Waals surface area contributed by atoms with Crippen molar-refractivity contribution in [2.75, 3.05) is 43.9 Å². The van der Waals surface area contributed by atoms with Crippen molar-refractivity contribution in [3.05, 3.63) is 53.6 Å². The van der Waals surface area contributed by atoms with Crippen LogP contribution in [0, 0.1) is 12.7 Å². The van der Waals surface area contributed by atoms with Crippen LogP contribution in [0.1, 0.15) is 24.2 Å². The van der Waals surface area contributed by atoms with E-state index in [1.165, 1.54) is 19.4 Å². The van der Waals surface area contributed by atoms with Crippen LogP contribution in [0.15, 0.2) is 36.5 Å². The molecule has 0 aliphatic carbocycles. The highest BCUT2D eigenvalue weighted by Crippen LogP contribution is 2.28. The minimum absolute atomic E-state index is 0.102. The second-order valence-electron chi connectivity index (χ2n) is 7.15. The van der Waals surface area contributed by atoms with E-state index in [4.69, 9.17) is 4.74 Å². The molecule has 9 heteroatoms. The SMILES string of the molecule is COC(=O)N1CCN([C@H](C)c2cccc(NC(=O)Nc3ccc(C)nc3)c2F)CC1. The standard InChI is InChI=1S/C21H26FN5O3/c1-14-7-8-16(13-23-14)24-20(28)25-18-6-4-5-17(19(18)22)15(2)26-9-11-27(12-10-26)21(29)30-3/h4-8,13,15H,9-12H2,1-3H3,(H2,24,25,28)/t15-/m1/s1. The van der Waals surface area contributed by atoms with Crippen molar-refractivity contribution < 1.29 is 18.7 Å². The number of halogens is 1. The third-order valence-corrected chi connectivity index (χ3v) is 5.19. The van der Waals surface area contributed by atoms with Crippen LogP contribution in [0.3, 0.4) is 0 Å². The van der Waals surface area contributed by atoms with Gasteiger partial charge in [-0.25, -0.2) is 14.0 Å². The van der Waals surface area contributed by atoms with Crippen LogP contribution in [0.25, 0.3) is 0 Å². The lowest BCUT2D eigenvalue weighted by Crippen LogP contribution is -2.49. The van der Waals surface area contributed by atoms with E-state index >= 15 is 4.39 Å². The van der Waals surface area contributed by atoms with Crippen LogP contribution >= 0.6 is 0 Å². The molecule has 8 nitrogen and oxygen atoms in total. The second kappa shape index (κ2) is 9.53. The van der Waals surface area contributed by atoms with Gasteiger partial charge in [-0.2, -0.15) is 0 Å². The zero-order valence-corrected chi connectivity index (χ0v) is 17.3. The number of hydrogen-bond acceptors (Lipinski definition) is 5. The van der Waals surface area contributed by atoms with Crippen LogP contribution in [0.2, 0.25) is 0 Å². The fourth-order valence-corrected chi connectivity index (χ4v) is 3.41. The van der Waals surface area contributed by atoms with Gasteiger partial charge in [-0.15, -0.1) is 0 Å². The number of carbonyl (C=O) groups excluding carboxylic acids is 2. The molecular weight excluding hydrogens is 389 g/mol. The highest BCUT2D eigenvalue weighted by Gasteiger charge is 2.27. The third kappa shape index (κ3) is 5.04. The Morgan fingerprint density at radius 1 is 1.13 bits per heavy atom. The van der Waals surface area contributed by atoms with Crippen LogP contribution in [-0.2, 0) is 4.74 Å². The highest BCUT2D eigenvalue weighted by molar-refractivity contribution is 5.99. The first kappa shape index (κ1) is 21.5. The maximum atomic E-state index is 15.1. The lowest BCUT2D eigenvalue weighted by molar-refractivity contribution is 0.0771. The van der Waals surface area contributed by atoms with Gasteiger partial charge in [-0.3, -0.25) is 9.88 Å². The zero-order chi connectivity index (χ0) is 21.7. The van der Waals surface area contributed by atoms with Gasteiger partial charge in [0.2, 0.25) is 0 Å². The predicted octanol–water partition coefficient (Wildman–Crippen LogP) is 3.62. The number of anilines is 2. The average molecular weight is 415 g/mol. The number of rotatable bonds is 4. The molecule has 3 rings (SSSR count). The van der Waals surface area contributed by atoms with Gasteiger partial charge in [0.05, 0.1) is 24.7 Å². The molecule has 0 saturated carbocycles. The van der Waals surface area contributed by atoms with Gasteiger partial charge in [0, 0.05) is 43.5 Å². The van der Waals surface area contributed by atoms with E-state index in [0.29, 0.717) is 37.4 Å². The molecule has 1 fully saturated rings. The molecule has 0 radical (unpaired) electrons. The fourth-order valence-electron chi connectivity index (χ4n) is 3.41. The number of urea groups is 1. The number of benzene rings is 1. The van der Waals surface area contributed by atoms with Gasteiger partial charge in [0.25, 0.3) is 0 Å². The summed E-state index contributed by atoms with van der Waals surface area (Å²) in [6, 6.07) is 7.69. The molecule has 30 heavy (non-hydrogen) atoms. The Kier molecular flexibility index (Phi) is 6.83. The Labute approximate surface area is 175 Å². The number of amides is 3. The molecule has 2 heterocycles. The molecular formula is C21H26FN5O3. The summed E-state index contributed by atoms with van der Waals surface area (Å²) in [6.07, 6.45) is 1.19. The Hall–Kier alpha value is -3.20. The quantitative estimate of drug-likeness (QED) is 0.797. The summed E-state index contributed by atoms with van der Waals surface area (Å²) in [4.78, 5) is 31.7. The van der Waals surface area contributed by atoms with E-state index in [2.05, 4.69) is 20.5 Å². The number of nitrogens with zero attached hydrogens (tertiary/aromatic N) is 3. The third-order valence-electron chi connectivity index (χ3n) is 5.19. The van der Waals surface area contributed by atoms with E-state index < -0.39 is 11.8 Å². The van der Waals surface area contributed by atoms with Crippen molar-refractivity contribution >= 4 is 23.5 Å². The first-order valence-electron chi connectivity index (χ1n) is 9.75. The van der Waals surface area contributed by atoms with E-state index in [1.54, 1.807) is 29.2 Å². The molecule has 2 N–H and O–H groups in total. The lowest BCUT2D eigenvalue weighted by atomic mass is 10.0. The molecule has 1 aliphatic rings. The van der Waals surface area contributed by atoms with Crippen molar-refractivity contribution in [3.63, 3.8) is 0 Å². The molecule has 1 saturated heterocycles. The van der Waals surface area contributed by atoms with E-state index in [9.17, 15) is 9.59 Å². The maximum Gasteiger partial charge on any atom is 0.409 e. The number of aromatic nitrogens is 1. The molecule has 1 atom stereocenters. The zero-order valence-electron chi connectivity index (χ0n) is 17.3. The van der Waals surface area contributed by atoms with Gasteiger partial charge < -0.3 is 20.3 Å². The van der Waals surface area contributed by atoms with Gasteiger partial charge >= 0.3 is 12.1 Å². The fraction of sp³-hybridized carbons (Fsp3) is 0.381. The average Bonchev–Trinajstić information content (AvgIpc) is 2.76. The van der Waals surface area contributed by atoms with Crippen molar-refractivity contribution in [2.24, 2.45) is 0 Å². The molecule has 160 valence electrons. The van der Waals surface area contributed by atoms with E-state index in [1.807, 2.05) is 13.8 Å². The number of piperazine rings is 1. The highest BCUT2D eigenvalue weighted by atomic mass is 19.1. The van der Waals surface area contributed by atoms with Crippen molar-refractivity contribution in [1.82, 2.24) is 14.8 Å². The smallest absolute Gasteiger partial charge is 0.409 e. The normalized spacial score (nSPS) is 15.4. The maximum absolute atomic E-state index is 15.1. The van der Waals surface area contributed by atoms with E-state index in [-0.39, 0.29) is 17.8 Å². The van der Waals surface area contributed by atoms with Gasteiger partial charge in [-0.1, -0.05) is 12.1 Å². The topological polar surface area (TPSA) is 86.8 Å². The largest absolute Gasteiger partial charge is 0.453 e. The lowest BCUT2D eigenvalue weighted by Gasteiger charge is -2.37. The van der Waals surface area contributed by atoms with Crippen LogP contribution in [0.5, 0.6) is 0 Å². The number of methoxy groups -OCH3 is 1. The van der Waals surface area contributed by atoms with Crippen molar-refractivity contribution in [2.45, 2.75) is 19.9 Å². The Morgan fingerprint density at radius 3 is 2.50 bits per heavy atom. The number of hydrogen-bond donors (Lipinski definition) is 2. The van der Waals surface area contributed by atoms with Gasteiger partial charge in [-0.05, 0) is 32.0 Å². The predicted molar refractivity (Wildman–Crippen MR) is 112 cm³/mol. The van der Waals surface area contributed by atoms with Crippen molar-refractivity contribution in [3.8, 4) is 0 Å². The molecule has 2 aromatic rings. The molecule has 0 unspecified atom stereocenters. The number of pyridine rings is 1. The molecule has 0 spiro atoms. The second-order valence-corrected chi connectivity index (χ2v) is 7.15. The minimum Gasteiger partial charge on any atom is -0.453 e. The summed E-state index contributed by atoms with van der Waals surface area (Å²) in [5.41, 5.74) is 1.94. The molecule has 1 aliphatic heterocycles. The monoisotopic (exact) mass is 415 g/mol. The summed E-state index contributed by atoms with van der Waals surface area (Å²) >= 11 is 0. The molecule has 3 amide bonds. The first-order valence-corrected chi connectivity index (χ1v) is 9.75. The van der Waals surface area contributed by atoms with Crippen LogP contribution in [0.4, 0.5) is 25.4 Å². The summed E-state index contributed by atoms with van der Waals surface area (Å²) in [6.45, 7) is 6.00. The van der Waals surface area contributed by atoms with Crippen LogP contribution < -0.4 is 10.6 Å². The minimum atomic E-state index is -0.545. The Morgan fingerprint density at radius 2 is 1.87 bits per heavy atom. The van der Waals surface area contributed by atoms with Crippen molar-refractivity contribution in [1.29, 1.82) is 0 Å². The summed E-state index contributed by atoms with van der Waals surface area (Å²) in [5, 5.41) is 5.20. The number of aryl methyl sites for hydroxylation is 1. The van der Waals surface area contributed by atoms with Gasteiger partial charge in [0.15, 0.2) is 5.82 Å². The number of nitrogens with one attached hydrogen (secondary N) is 2. The summed E-state index contributed by atoms with van der Waals surface area (Å²) in [5.74, 6) is -0.474. The molecule has 0 bridgehead atoms. The molecule has 1 aromatic carbocycles. The summed E-state index contributed by atoms with van der Waals surface area (Å²) in [7, 11) is 1.36. The number of carbonyl (C=O) groups is 2. The Balaban J connectivity index is 1.65.